The molecule has 0 saturated heterocycles. The molecule has 0 atom stereocenters. The van der Waals surface area contributed by atoms with Crippen molar-refractivity contribution in [3.63, 3.8) is 0 Å². The van der Waals surface area contributed by atoms with Crippen LogP contribution in [0.5, 0.6) is 0 Å². The minimum absolute atomic E-state index is 0.00487. The number of benzene rings is 12. The quantitative estimate of drug-likeness (QED) is 0.0264. The molecule has 129 heavy (non-hydrogen) atoms. The van der Waals surface area contributed by atoms with Crippen LogP contribution >= 0.6 is 23.2 Å². The second-order valence-corrected chi connectivity index (χ2v) is 33.3. The summed E-state index contributed by atoms with van der Waals surface area (Å²) < 4.78 is 97.5. The van der Waals surface area contributed by atoms with Crippen LogP contribution in [-0.2, 0) is 112 Å². The molecule has 0 unspecified atom stereocenters. The highest BCUT2D eigenvalue weighted by Gasteiger charge is 2.37. The molecule has 0 aliphatic carbocycles. The second-order valence-electron chi connectivity index (χ2n) is 32.5. The van der Waals surface area contributed by atoms with Gasteiger partial charge in [0.1, 0.15) is 11.6 Å². The molecule has 6 aliphatic rings. The fraction of sp³-hybridized carbons (Fsp3) is 0.204. The zero-order chi connectivity index (χ0) is 92.4. The first-order chi connectivity index (χ1) is 61.5. The number of alkyl halides is 3. The van der Waals surface area contributed by atoms with Crippen LogP contribution in [0.2, 0.25) is 10.0 Å². The molecule has 0 amide bonds. The van der Waals surface area contributed by atoms with Gasteiger partial charge in [0.2, 0.25) is 0 Å². The normalized spacial score (nSPS) is 13.5. The van der Waals surface area contributed by atoms with Gasteiger partial charge in [0.15, 0.2) is 34.7 Å². The van der Waals surface area contributed by atoms with E-state index < -0.39 is 66.1 Å². The van der Waals surface area contributed by atoms with Gasteiger partial charge in [-0.15, -0.1) is 0 Å². The molecule has 6 aliphatic heterocycles. The lowest BCUT2D eigenvalue weighted by Crippen LogP contribution is -2.28. The Hall–Kier alpha value is -11.2. The Bertz CT molecular complexity index is 5900. The molecule has 0 aromatic heterocycles. The molecule has 0 spiro atoms. The molecule has 0 saturated carbocycles. The highest BCUT2D eigenvalue weighted by atomic mass is 35.5. The van der Waals surface area contributed by atoms with E-state index in [0.717, 1.165) is 111 Å². The summed E-state index contributed by atoms with van der Waals surface area (Å²) >= 11 is 12.2. The Balaban J connectivity index is 0.000000132. The SMILES string of the molecule is Cc1ccc(C(=O)Cc2ccc3c(c2)B(O)OC3)c(C(F)(F)F)c1.Cc1ccc(C(=O)Cc2ccc3c(c2)B(O)OC3)c(Cl)c1.Cc1ccc(C(=O)Cc2ccc3c(c2)B(O)OC3)c(F)c1.Cc1ccc(C(=O)Cc2ccc3c(c2)B(O)OC3)cc1C.Cc1ccc(C(=O)Cc2ccc3c(c2)B(O)OC3)cc1Cl.Cc1ccc(C(=O)Cc2ccc3c(c2)B(O)OC3)cc1F. The summed E-state index contributed by atoms with van der Waals surface area (Å²) in [7, 11) is -5.56. The van der Waals surface area contributed by atoms with Crippen LogP contribution in [0.15, 0.2) is 218 Å². The lowest BCUT2D eigenvalue weighted by Gasteiger charge is -2.13. The Morgan fingerprint density at radius 1 is 0.287 bits per heavy atom. The molecular formula is C98H87B6Cl2F5O18. The third-order valence-electron chi connectivity index (χ3n) is 22.9. The number of carbonyl (C=O) groups excluding carboxylic acids is 6. The van der Waals surface area contributed by atoms with E-state index in [9.17, 15) is 80.9 Å². The molecule has 12 aromatic carbocycles. The van der Waals surface area contributed by atoms with Gasteiger partial charge in [-0.2, -0.15) is 13.2 Å². The number of hydrogen-bond acceptors (Lipinski definition) is 18. The number of aryl methyl sites for hydroxylation is 7. The first kappa shape index (κ1) is 95.4. The number of hydrogen-bond donors (Lipinski definition) is 6. The Morgan fingerprint density at radius 3 is 0.899 bits per heavy atom. The van der Waals surface area contributed by atoms with Crippen molar-refractivity contribution in [1.82, 2.24) is 0 Å². The van der Waals surface area contributed by atoms with Crippen LogP contribution in [0.25, 0.3) is 0 Å². The molecule has 0 radical (unpaired) electrons. The molecule has 654 valence electrons. The Labute approximate surface area is 755 Å². The highest BCUT2D eigenvalue weighted by Crippen LogP contribution is 2.34. The predicted octanol–water partition coefficient (Wildman–Crippen LogP) is 12.7. The van der Waals surface area contributed by atoms with Gasteiger partial charge in [-0.1, -0.05) is 199 Å². The average molecular weight is 1780 g/mol. The van der Waals surface area contributed by atoms with Crippen molar-refractivity contribution in [2.24, 2.45) is 0 Å². The van der Waals surface area contributed by atoms with Crippen LogP contribution in [0.3, 0.4) is 0 Å². The average Bonchev–Trinajstić information content (AvgIpc) is 1.80. The van der Waals surface area contributed by atoms with Crippen molar-refractivity contribution in [2.75, 3.05) is 0 Å². The molecule has 31 heteroatoms. The van der Waals surface area contributed by atoms with Gasteiger partial charge >= 0.3 is 48.9 Å². The van der Waals surface area contributed by atoms with Crippen molar-refractivity contribution >= 4 is 133 Å². The number of halogens is 7. The lowest BCUT2D eigenvalue weighted by molar-refractivity contribution is -0.138. The van der Waals surface area contributed by atoms with E-state index in [1.807, 2.05) is 137 Å². The van der Waals surface area contributed by atoms with E-state index in [1.54, 1.807) is 93.6 Å². The van der Waals surface area contributed by atoms with E-state index >= 15 is 0 Å². The molecule has 6 heterocycles. The maximum Gasteiger partial charge on any atom is 0.491 e. The standard InChI is InChI=1S/C17H14BF3O3.C17H17BO3.2C16H14BClO3.2C16H14BFO3/c1-10-2-5-13(14(6-10)17(19,20)21)16(22)8-11-3-4-12-9-24-18(23)15(12)7-11;1-11-3-5-14(7-12(11)2)17(19)9-13-4-6-15-10-21-18(20)16(15)8-13;1-10-2-5-13(15(18)6-10)16(19)8-11-3-4-12-9-21-17(20)14(12)7-11;1-10-2-4-12(8-15(10)18)16(19)7-11-3-5-13-9-21-17(20)14(13)6-11;1-10-2-5-13(15(18)6-10)16(19)8-11-3-4-12-9-21-17(20)14(12)7-11;1-10-2-4-12(8-15(10)18)16(19)7-11-3-5-13-9-21-17(20)14(13)6-11/h2-7,23H,8-9H2,1H3;3-8,20H,9-10H2,1-2H3;2-7,20H,8-9H2,1H3;2-6,8,20H,7,9H2,1H3;2-7,20H,8-9H2,1H3;2-6,8,20H,7,9H2,1H3. The third kappa shape index (κ3) is 24.1. The zero-order valence-corrected chi connectivity index (χ0v) is 73.0. The summed E-state index contributed by atoms with van der Waals surface area (Å²) in [6, 6.07) is 62.1. The van der Waals surface area contributed by atoms with E-state index in [2.05, 4.69) is 0 Å². The van der Waals surface area contributed by atoms with Gasteiger partial charge in [-0.25, -0.2) is 8.78 Å². The van der Waals surface area contributed by atoms with Crippen molar-refractivity contribution in [1.29, 1.82) is 0 Å². The largest absolute Gasteiger partial charge is 0.491 e. The van der Waals surface area contributed by atoms with Crippen LogP contribution in [0.1, 0.15) is 173 Å². The van der Waals surface area contributed by atoms with Gasteiger partial charge < -0.3 is 58.1 Å². The molecule has 12 aromatic rings. The Kier molecular flexibility index (Phi) is 31.2. The summed E-state index contributed by atoms with van der Waals surface area (Å²) in [6.45, 7) is 15.2. The van der Waals surface area contributed by atoms with Gasteiger partial charge in [0.25, 0.3) is 0 Å². The smallest absolute Gasteiger partial charge is 0.423 e. The Morgan fingerprint density at radius 2 is 0.574 bits per heavy atom. The van der Waals surface area contributed by atoms with Gasteiger partial charge in [0, 0.05) is 71.4 Å². The first-order valence-electron chi connectivity index (χ1n) is 41.4. The summed E-state index contributed by atoms with van der Waals surface area (Å²) in [6.07, 6.45) is -3.63. The van der Waals surface area contributed by atoms with Gasteiger partial charge in [-0.05, 0) is 230 Å². The van der Waals surface area contributed by atoms with Crippen LogP contribution in [0.4, 0.5) is 22.0 Å². The van der Waals surface area contributed by atoms with Gasteiger partial charge in [-0.3, -0.25) is 28.8 Å². The number of rotatable bonds is 18. The fourth-order valence-corrected chi connectivity index (χ4v) is 15.7. The minimum atomic E-state index is -4.58. The maximum atomic E-state index is 13.8. The van der Waals surface area contributed by atoms with Gasteiger partial charge in [0.05, 0.1) is 55.8 Å². The van der Waals surface area contributed by atoms with Crippen molar-refractivity contribution < 1.29 is 109 Å². The number of fused-ring (bicyclic) bond motifs is 6. The monoisotopic (exact) mass is 1780 g/mol. The summed E-state index contributed by atoms with van der Waals surface area (Å²) in [5.41, 5.74) is 21.5. The molecule has 18 nitrogen and oxygen atoms in total. The number of carbonyl (C=O) groups is 6. The highest BCUT2D eigenvalue weighted by molar-refractivity contribution is 6.64. The van der Waals surface area contributed by atoms with Crippen molar-refractivity contribution in [3.8, 4) is 0 Å². The summed E-state index contributed by atoms with van der Waals surface area (Å²) in [5, 5.41) is 59.2. The fourth-order valence-electron chi connectivity index (χ4n) is 15.2. The second kappa shape index (κ2) is 42.1. The van der Waals surface area contributed by atoms with Crippen LogP contribution < -0.4 is 32.8 Å². The molecule has 6 N–H and O–H groups in total. The number of Topliss-reactive ketones (excluding diaryl/α,β-unsaturated/α-hetero) is 6. The molecule has 18 rings (SSSR count). The summed E-state index contributed by atoms with van der Waals surface area (Å²) in [4.78, 5) is 73.8. The lowest BCUT2D eigenvalue weighted by atomic mass is 9.78. The van der Waals surface area contributed by atoms with Crippen molar-refractivity contribution in [3.05, 3.63) is 385 Å². The molecule has 0 bridgehead atoms. The molecule has 0 fully saturated rings. The topological polar surface area (TPSA) is 279 Å². The van der Waals surface area contributed by atoms with E-state index in [4.69, 9.17) is 51.1 Å². The first-order valence-corrected chi connectivity index (χ1v) is 42.2. The summed E-state index contributed by atoms with van der Waals surface area (Å²) in [5.74, 6) is -1.85. The third-order valence-corrected chi connectivity index (χ3v) is 23.6. The van der Waals surface area contributed by atoms with Crippen LogP contribution in [0, 0.1) is 60.1 Å². The predicted molar refractivity (Wildman–Crippen MR) is 488 cm³/mol. The minimum Gasteiger partial charge on any atom is -0.423 e. The van der Waals surface area contributed by atoms with E-state index in [1.165, 1.54) is 35.9 Å². The van der Waals surface area contributed by atoms with Crippen LogP contribution in [-0.4, -0.2) is 108 Å². The molecular weight excluding hydrogens is 1700 g/mol. The van der Waals surface area contributed by atoms with Crippen molar-refractivity contribution in [2.45, 2.75) is 133 Å². The van der Waals surface area contributed by atoms with E-state index in [-0.39, 0.29) is 84.6 Å². The van der Waals surface area contributed by atoms with E-state index in [0.29, 0.717) is 99.3 Å². The maximum absolute atomic E-state index is 13.8. The number of ketones is 6. The zero-order valence-electron chi connectivity index (χ0n) is 71.5.